The van der Waals surface area contributed by atoms with E-state index in [1.54, 1.807) is 6.92 Å². The van der Waals surface area contributed by atoms with Gasteiger partial charge in [0.1, 0.15) is 6.04 Å². The third kappa shape index (κ3) is 2.95. The lowest BCUT2D eigenvalue weighted by Crippen LogP contribution is -2.50. The van der Waals surface area contributed by atoms with Crippen LogP contribution in [-0.4, -0.2) is 37.5 Å². The molecule has 3 N–H and O–H groups in total. The molecule has 1 saturated heterocycles. The van der Waals surface area contributed by atoms with Gasteiger partial charge in [-0.3, -0.25) is 9.59 Å². The number of hydrogen-bond acceptors (Lipinski definition) is 3. The highest BCUT2D eigenvalue weighted by molar-refractivity contribution is 5.89. The number of likely N-dealkylation sites (N-methyl/N-ethyl adjacent to an activating group) is 1. The first kappa shape index (κ1) is 13.0. The summed E-state index contributed by atoms with van der Waals surface area (Å²) >= 11 is 0. The second-order valence-electron chi connectivity index (χ2n) is 4.58. The SMILES string of the molecule is CCNC(=O)C(C)NC(=O)C1(C)CCNC1. The Morgan fingerprint density at radius 3 is 2.69 bits per heavy atom. The molecule has 0 spiro atoms. The zero-order valence-electron chi connectivity index (χ0n) is 10.2. The molecule has 0 aliphatic carbocycles. The average Bonchev–Trinajstić information content (AvgIpc) is 2.66. The monoisotopic (exact) mass is 227 g/mol. The van der Waals surface area contributed by atoms with Crippen molar-refractivity contribution in [2.45, 2.75) is 33.2 Å². The molecule has 1 rings (SSSR count). The molecule has 1 aliphatic heterocycles. The first-order chi connectivity index (χ1) is 7.49. The van der Waals surface area contributed by atoms with Crippen LogP contribution >= 0.6 is 0 Å². The smallest absolute Gasteiger partial charge is 0.242 e. The van der Waals surface area contributed by atoms with Crippen molar-refractivity contribution in [2.75, 3.05) is 19.6 Å². The van der Waals surface area contributed by atoms with Crippen molar-refractivity contribution in [3.63, 3.8) is 0 Å². The first-order valence-corrected chi connectivity index (χ1v) is 5.79. The molecule has 16 heavy (non-hydrogen) atoms. The van der Waals surface area contributed by atoms with E-state index >= 15 is 0 Å². The lowest BCUT2D eigenvalue weighted by molar-refractivity contribution is -0.133. The average molecular weight is 227 g/mol. The summed E-state index contributed by atoms with van der Waals surface area (Å²) in [4.78, 5) is 23.4. The Balaban J connectivity index is 2.47. The van der Waals surface area contributed by atoms with E-state index in [2.05, 4.69) is 16.0 Å². The van der Waals surface area contributed by atoms with Gasteiger partial charge in [-0.25, -0.2) is 0 Å². The Bertz CT molecular complexity index is 272. The summed E-state index contributed by atoms with van der Waals surface area (Å²) < 4.78 is 0. The largest absolute Gasteiger partial charge is 0.355 e. The molecule has 2 atom stereocenters. The Kier molecular flexibility index (Phi) is 4.29. The third-order valence-corrected chi connectivity index (χ3v) is 3.01. The van der Waals surface area contributed by atoms with E-state index in [0.717, 1.165) is 13.0 Å². The van der Waals surface area contributed by atoms with Crippen molar-refractivity contribution in [1.29, 1.82) is 0 Å². The van der Waals surface area contributed by atoms with Crippen LogP contribution in [0.4, 0.5) is 0 Å². The maximum Gasteiger partial charge on any atom is 0.242 e. The third-order valence-electron chi connectivity index (χ3n) is 3.01. The summed E-state index contributed by atoms with van der Waals surface area (Å²) in [5.41, 5.74) is -0.374. The summed E-state index contributed by atoms with van der Waals surface area (Å²) in [6.07, 6.45) is 0.820. The highest BCUT2D eigenvalue weighted by Gasteiger charge is 2.37. The van der Waals surface area contributed by atoms with E-state index in [1.165, 1.54) is 0 Å². The van der Waals surface area contributed by atoms with Crippen molar-refractivity contribution in [2.24, 2.45) is 5.41 Å². The molecule has 0 radical (unpaired) electrons. The van der Waals surface area contributed by atoms with Crippen molar-refractivity contribution in [3.05, 3.63) is 0 Å². The zero-order valence-corrected chi connectivity index (χ0v) is 10.2. The summed E-state index contributed by atoms with van der Waals surface area (Å²) in [5.74, 6) is -0.179. The Hall–Kier alpha value is -1.10. The van der Waals surface area contributed by atoms with Crippen molar-refractivity contribution in [3.8, 4) is 0 Å². The van der Waals surface area contributed by atoms with Crippen LogP contribution in [0, 0.1) is 5.41 Å². The number of nitrogens with one attached hydrogen (secondary N) is 3. The zero-order chi connectivity index (χ0) is 12.2. The molecular formula is C11H21N3O2. The lowest BCUT2D eigenvalue weighted by atomic mass is 9.88. The van der Waals surface area contributed by atoms with Crippen molar-refractivity contribution in [1.82, 2.24) is 16.0 Å². The molecular weight excluding hydrogens is 206 g/mol. The maximum atomic E-state index is 12.0. The fraction of sp³-hybridized carbons (Fsp3) is 0.818. The number of carbonyl (C=O) groups excluding carboxylic acids is 2. The van der Waals surface area contributed by atoms with Crippen molar-refractivity contribution >= 4 is 11.8 Å². The highest BCUT2D eigenvalue weighted by Crippen LogP contribution is 2.24. The van der Waals surface area contributed by atoms with Crippen LogP contribution in [0.3, 0.4) is 0 Å². The minimum atomic E-state index is -0.468. The number of carbonyl (C=O) groups is 2. The Morgan fingerprint density at radius 2 is 2.19 bits per heavy atom. The van der Waals surface area contributed by atoms with Gasteiger partial charge < -0.3 is 16.0 Å². The summed E-state index contributed by atoms with van der Waals surface area (Å²) in [6.45, 7) is 7.61. The molecule has 0 aromatic carbocycles. The van der Waals surface area contributed by atoms with Gasteiger partial charge in [0.05, 0.1) is 5.41 Å². The molecule has 1 aliphatic rings. The van der Waals surface area contributed by atoms with Gasteiger partial charge >= 0.3 is 0 Å². The topological polar surface area (TPSA) is 70.2 Å². The number of rotatable bonds is 4. The van der Waals surface area contributed by atoms with Crippen LogP contribution < -0.4 is 16.0 Å². The minimum absolute atomic E-state index is 0.0451. The van der Waals surface area contributed by atoms with Crippen molar-refractivity contribution < 1.29 is 9.59 Å². The molecule has 0 saturated carbocycles. The van der Waals surface area contributed by atoms with Gasteiger partial charge in [-0.15, -0.1) is 0 Å². The summed E-state index contributed by atoms with van der Waals surface area (Å²) in [5, 5.41) is 8.60. The molecule has 92 valence electrons. The van der Waals surface area contributed by atoms with Crippen LogP contribution in [0.25, 0.3) is 0 Å². The minimum Gasteiger partial charge on any atom is -0.355 e. The van der Waals surface area contributed by atoms with Gasteiger partial charge in [0.25, 0.3) is 0 Å². The van der Waals surface area contributed by atoms with Gasteiger partial charge in [-0.2, -0.15) is 0 Å². The fourth-order valence-corrected chi connectivity index (χ4v) is 1.77. The van der Waals surface area contributed by atoms with Crippen LogP contribution in [0.5, 0.6) is 0 Å². The Morgan fingerprint density at radius 1 is 1.50 bits per heavy atom. The van der Waals surface area contributed by atoms with E-state index in [9.17, 15) is 9.59 Å². The highest BCUT2D eigenvalue weighted by atomic mass is 16.2. The van der Waals surface area contributed by atoms with E-state index in [4.69, 9.17) is 0 Å². The molecule has 1 fully saturated rings. The van der Waals surface area contributed by atoms with E-state index in [0.29, 0.717) is 13.1 Å². The van der Waals surface area contributed by atoms with Crippen LogP contribution in [-0.2, 0) is 9.59 Å². The summed E-state index contributed by atoms with van der Waals surface area (Å²) in [6, 6.07) is -0.468. The van der Waals surface area contributed by atoms with E-state index in [1.807, 2.05) is 13.8 Å². The standard InChI is InChI=1S/C11H21N3O2/c1-4-13-9(15)8(2)14-10(16)11(3)5-6-12-7-11/h8,12H,4-7H2,1-3H3,(H,13,15)(H,14,16). The molecule has 0 aromatic heterocycles. The first-order valence-electron chi connectivity index (χ1n) is 5.79. The predicted octanol–water partition coefficient (Wildman–Crippen LogP) is -0.373. The number of amides is 2. The second kappa shape index (κ2) is 5.30. The molecule has 0 aromatic rings. The normalized spacial score (nSPS) is 26.2. The van der Waals surface area contributed by atoms with Crippen LogP contribution in [0.15, 0.2) is 0 Å². The van der Waals surface area contributed by atoms with Gasteiger partial charge in [-0.05, 0) is 33.7 Å². The van der Waals surface area contributed by atoms with Gasteiger partial charge in [0, 0.05) is 13.1 Å². The van der Waals surface area contributed by atoms with Gasteiger partial charge in [-0.1, -0.05) is 0 Å². The lowest BCUT2D eigenvalue weighted by Gasteiger charge is -2.24. The van der Waals surface area contributed by atoms with E-state index in [-0.39, 0.29) is 17.2 Å². The Labute approximate surface area is 96.4 Å². The number of hydrogen-bond donors (Lipinski definition) is 3. The fourth-order valence-electron chi connectivity index (χ4n) is 1.77. The molecule has 0 bridgehead atoms. The van der Waals surface area contributed by atoms with Crippen LogP contribution in [0.2, 0.25) is 0 Å². The van der Waals surface area contributed by atoms with E-state index < -0.39 is 6.04 Å². The quantitative estimate of drug-likeness (QED) is 0.613. The van der Waals surface area contributed by atoms with Gasteiger partial charge in [0.15, 0.2) is 0 Å². The molecule has 5 nitrogen and oxygen atoms in total. The van der Waals surface area contributed by atoms with Crippen LogP contribution in [0.1, 0.15) is 27.2 Å². The molecule has 5 heteroatoms. The van der Waals surface area contributed by atoms with Gasteiger partial charge in [0.2, 0.25) is 11.8 Å². The predicted molar refractivity (Wildman–Crippen MR) is 61.9 cm³/mol. The molecule has 1 heterocycles. The second-order valence-corrected chi connectivity index (χ2v) is 4.58. The molecule has 2 amide bonds. The molecule has 2 unspecified atom stereocenters. The summed E-state index contributed by atoms with van der Waals surface area (Å²) in [7, 11) is 0. The maximum absolute atomic E-state index is 12.0.